The lowest BCUT2D eigenvalue weighted by Gasteiger charge is -2.27. The van der Waals surface area contributed by atoms with E-state index in [2.05, 4.69) is 36.1 Å². The van der Waals surface area contributed by atoms with Gasteiger partial charge in [0.2, 0.25) is 5.91 Å². The van der Waals surface area contributed by atoms with Crippen molar-refractivity contribution in [3.63, 3.8) is 0 Å². The number of benzene rings is 1. The minimum atomic E-state index is 0.0694. The summed E-state index contributed by atoms with van der Waals surface area (Å²) in [7, 11) is 0. The summed E-state index contributed by atoms with van der Waals surface area (Å²) >= 11 is 5.17. The number of thiophene rings is 1. The van der Waals surface area contributed by atoms with Crippen molar-refractivity contribution in [2.75, 3.05) is 44.7 Å². The van der Waals surface area contributed by atoms with Crippen molar-refractivity contribution in [2.24, 2.45) is 0 Å². The average Bonchev–Trinajstić information content (AvgIpc) is 3.18. The predicted molar refractivity (Wildman–Crippen MR) is 130 cm³/mol. The molecule has 4 heterocycles. The second-order valence-corrected chi connectivity index (χ2v) is 9.87. The van der Waals surface area contributed by atoms with Crippen LogP contribution in [0.25, 0.3) is 10.2 Å². The molecule has 0 radical (unpaired) electrons. The number of rotatable bonds is 5. The maximum atomic E-state index is 12.8. The van der Waals surface area contributed by atoms with Crippen molar-refractivity contribution in [1.82, 2.24) is 19.8 Å². The summed E-state index contributed by atoms with van der Waals surface area (Å²) in [5.41, 5.74) is 2.22. The minimum absolute atomic E-state index is 0.0694. The number of aromatic nitrogens is 2. The Hall–Kier alpha value is -2.33. The molecule has 2 aliphatic rings. The first-order valence-electron chi connectivity index (χ1n) is 10.7. The molecule has 2 aromatic heterocycles. The number of ether oxygens (including phenoxy) is 1. The molecule has 0 bridgehead atoms. The third-order valence-corrected chi connectivity index (χ3v) is 7.38. The Labute approximate surface area is 199 Å². The number of anilines is 2. The normalized spacial score (nSPS) is 17.1. The number of nitrogens with one attached hydrogen (secondary N) is 1. The second-order valence-electron chi connectivity index (χ2n) is 7.87. The zero-order chi connectivity index (χ0) is 21.9. The molecule has 32 heavy (non-hydrogen) atoms. The molecule has 3 aromatic rings. The first-order chi connectivity index (χ1) is 15.7. The molecule has 0 saturated carbocycles. The van der Waals surface area contributed by atoms with Gasteiger partial charge in [-0.25, -0.2) is 9.97 Å². The number of carbonyl (C=O) groups excluding carboxylic acids is 1. The number of fused-ring (bicyclic) bond motifs is 3. The van der Waals surface area contributed by atoms with Crippen molar-refractivity contribution >= 4 is 54.9 Å². The number of hydrogen-bond donors (Lipinski definition) is 1. The Morgan fingerprint density at radius 3 is 2.97 bits per heavy atom. The quantitative estimate of drug-likeness (QED) is 0.520. The Balaban J connectivity index is 1.31. The topological polar surface area (TPSA) is 70.6 Å². The van der Waals surface area contributed by atoms with E-state index in [9.17, 15) is 4.79 Å². The maximum absolute atomic E-state index is 12.8. The summed E-state index contributed by atoms with van der Waals surface area (Å²) in [6.07, 6.45) is 6.09. The molecule has 1 aromatic carbocycles. The number of halogens is 1. The highest BCUT2D eigenvalue weighted by molar-refractivity contribution is 9.10. The molecule has 0 atom stereocenters. The fraction of sp³-hybridized carbons (Fsp3) is 0.348. The fourth-order valence-corrected chi connectivity index (χ4v) is 5.71. The highest BCUT2D eigenvalue weighted by Gasteiger charge is 2.25. The highest BCUT2D eigenvalue weighted by atomic mass is 79.9. The summed E-state index contributed by atoms with van der Waals surface area (Å²) in [4.78, 5) is 28.1. The van der Waals surface area contributed by atoms with Gasteiger partial charge in [0.25, 0.3) is 0 Å². The van der Waals surface area contributed by atoms with E-state index >= 15 is 0 Å². The number of carbonyl (C=O) groups is 1. The van der Waals surface area contributed by atoms with E-state index in [4.69, 9.17) is 4.74 Å². The molecule has 1 amide bonds. The van der Waals surface area contributed by atoms with E-state index in [-0.39, 0.29) is 5.91 Å². The SMILES string of the molecule is O=C(C=CCN1CCOCC1)N1CCc2c(sc3ncnc(Nc4cccc(Br)c4)c23)C1. The molecule has 166 valence electrons. The van der Waals surface area contributed by atoms with Crippen LogP contribution in [-0.2, 0) is 22.5 Å². The van der Waals surface area contributed by atoms with E-state index < -0.39 is 0 Å². The monoisotopic (exact) mass is 513 g/mol. The van der Waals surface area contributed by atoms with Crippen LogP contribution in [0.4, 0.5) is 11.5 Å². The lowest BCUT2D eigenvalue weighted by Crippen LogP contribution is -2.37. The summed E-state index contributed by atoms with van der Waals surface area (Å²) in [5.74, 6) is 0.885. The molecule has 0 spiro atoms. The summed E-state index contributed by atoms with van der Waals surface area (Å²) in [6, 6.07) is 8.02. The average molecular weight is 514 g/mol. The van der Waals surface area contributed by atoms with Gasteiger partial charge in [0, 0.05) is 47.3 Å². The largest absolute Gasteiger partial charge is 0.379 e. The molecule has 1 fully saturated rings. The molecule has 0 unspecified atom stereocenters. The lowest BCUT2D eigenvalue weighted by atomic mass is 10.0. The third-order valence-electron chi connectivity index (χ3n) is 5.76. The van der Waals surface area contributed by atoms with E-state index in [0.29, 0.717) is 13.1 Å². The summed E-state index contributed by atoms with van der Waals surface area (Å²) in [5, 5.41) is 4.51. The number of amides is 1. The predicted octanol–water partition coefficient (Wildman–Crippen LogP) is 3.97. The van der Waals surface area contributed by atoms with Crippen molar-refractivity contribution in [1.29, 1.82) is 0 Å². The standard InChI is InChI=1S/C23H24BrN5O2S/c24-16-3-1-4-17(13-16)27-22-21-18-6-8-29(14-19(18)32-23(21)26-15-25-22)20(30)5-2-7-28-9-11-31-12-10-28/h1-5,13,15H,6-12,14H2,(H,25,26,27). The van der Waals surface area contributed by atoms with Gasteiger partial charge in [0.15, 0.2) is 0 Å². The molecule has 9 heteroatoms. The lowest BCUT2D eigenvalue weighted by molar-refractivity contribution is -0.126. The molecule has 2 aliphatic heterocycles. The number of hydrogen-bond acceptors (Lipinski definition) is 7. The minimum Gasteiger partial charge on any atom is -0.379 e. The molecule has 1 N–H and O–H groups in total. The van der Waals surface area contributed by atoms with Gasteiger partial charge in [-0.05, 0) is 30.2 Å². The van der Waals surface area contributed by atoms with Crippen LogP contribution in [0.1, 0.15) is 10.4 Å². The van der Waals surface area contributed by atoms with Crippen molar-refractivity contribution in [3.8, 4) is 0 Å². The van der Waals surface area contributed by atoms with Crippen molar-refractivity contribution < 1.29 is 9.53 Å². The van der Waals surface area contributed by atoms with E-state index in [0.717, 1.165) is 65.5 Å². The van der Waals surface area contributed by atoms with Crippen LogP contribution in [0.15, 0.2) is 47.2 Å². The van der Waals surface area contributed by atoms with Gasteiger partial charge in [-0.3, -0.25) is 9.69 Å². The third kappa shape index (κ3) is 4.71. The van der Waals surface area contributed by atoms with E-state index in [1.165, 1.54) is 10.4 Å². The van der Waals surface area contributed by atoms with Crippen LogP contribution in [0, 0.1) is 0 Å². The van der Waals surface area contributed by atoms with Crippen LogP contribution >= 0.6 is 27.3 Å². The molecule has 1 saturated heterocycles. The van der Waals surface area contributed by atoms with E-state index in [1.807, 2.05) is 35.2 Å². The van der Waals surface area contributed by atoms with Crippen LogP contribution in [0.5, 0.6) is 0 Å². The maximum Gasteiger partial charge on any atom is 0.246 e. The second kappa shape index (κ2) is 9.66. The van der Waals surface area contributed by atoms with Gasteiger partial charge in [-0.2, -0.15) is 0 Å². The van der Waals surface area contributed by atoms with Gasteiger partial charge in [-0.15, -0.1) is 11.3 Å². The Bertz CT molecular complexity index is 1160. The van der Waals surface area contributed by atoms with Crippen LogP contribution in [0.3, 0.4) is 0 Å². The van der Waals surface area contributed by atoms with Crippen LogP contribution in [-0.4, -0.2) is 65.1 Å². The highest BCUT2D eigenvalue weighted by Crippen LogP contribution is 2.38. The zero-order valence-corrected chi connectivity index (χ0v) is 20.0. The Morgan fingerprint density at radius 2 is 2.12 bits per heavy atom. The molecule has 5 rings (SSSR count). The Kier molecular flexibility index (Phi) is 6.49. The smallest absolute Gasteiger partial charge is 0.246 e. The summed E-state index contributed by atoms with van der Waals surface area (Å²) in [6.45, 7) is 5.48. The van der Waals surface area contributed by atoms with Gasteiger partial charge >= 0.3 is 0 Å². The first kappa shape index (κ1) is 21.5. The van der Waals surface area contributed by atoms with E-state index in [1.54, 1.807) is 23.7 Å². The van der Waals surface area contributed by atoms with Crippen molar-refractivity contribution in [2.45, 2.75) is 13.0 Å². The van der Waals surface area contributed by atoms with Gasteiger partial charge in [0.05, 0.1) is 25.1 Å². The van der Waals surface area contributed by atoms with Crippen molar-refractivity contribution in [3.05, 3.63) is 57.7 Å². The first-order valence-corrected chi connectivity index (χ1v) is 12.3. The van der Waals surface area contributed by atoms with Gasteiger partial charge in [0.1, 0.15) is 17.0 Å². The molecular weight excluding hydrogens is 490 g/mol. The van der Waals surface area contributed by atoms with Crippen LogP contribution in [0.2, 0.25) is 0 Å². The summed E-state index contributed by atoms with van der Waals surface area (Å²) < 4.78 is 6.38. The molecular formula is C23H24BrN5O2S. The number of morpholine rings is 1. The fourth-order valence-electron chi connectivity index (χ4n) is 4.11. The molecule has 0 aliphatic carbocycles. The zero-order valence-electron chi connectivity index (χ0n) is 17.6. The Morgan fingerprint density at radius 1 is 1.25 bits per heavy atom. The number of nitrogens with zero attached hydrogens (tertiary/aromatic N) is 4. The molecule has 7 nitrogen and oxygen atoms in total. The van der Waals surface area contributed by atoms with Gasteiger partial charge < -0.3 is 15.0 Å². The van der Waals surface area contributed by atoms with Crippen LogP contribution < -0.4 is 5.32 Å². The van der Waals surface area contributed by atoms with Gasteiger partial charge in [-0.1, -0.05) is 28.1 Å².